The van der Waals surface area contributed by atoms with Gasteiger partial charge in [0.1, 0.15) is 0 Å². The second kappa shape index (κ2) is 9.25. The van der Waals surface area contributed by atoms with Crippen molar-refractivity contribution in [1.29, 1.82) is 5.26 Å². The molecule has 1 aliphatic rings. The third kappa shape index (κ3) is 4.90. The molecule has 0 spiro atoms. The highest BCUT2D eigenvalue weighted by Crippen LogP contribution is 2.28. The fourth-order valence-corrected chi connectivity index (χ4v) is 3.76. The maximum absolute atomic E-state index is 8.98. The van der Waals surface area contributed by atoms with Gasteiger partial charge in [0.05, 0.1) is 6.07 Å². The minimum absolute atomic E-state index is 0.243. The molecule has 27 heavy (non-hydrogen) atoms. The molecule has 0 aromatic heterocycles. The molecule has 3 rings (SSSR count). The molecule has 136 valence electrons. The van der Waals surface area contributed by atoms with E-state index in [-0.39, 0.29) is 5.92 Å². The third-order valence-electron chi connectivity index (χ3n) is 5.61. The number of hydrogen-bond acceptors (Lipinski definition) is 1. The molecule has 1 heteroatoms. The second-order valence-electron chi connectivity index (χ2n) is 7.40. The van der Waals surface area contributed by atoms with E-state index in [9.17, 15) is 0 Å². The van der Waals surface area contributed by atoms with Crippen molar-refractivity contribution in [2.45, 2.75) is 44.9 Å². The smallest absolute Gasteiger partial charge is 0.0655 e. The van der Waals surface area contributed by atoms with Crippen LogP contribution in [0.15, 0.2) is 61.2 Å². The molecule has 0 radical (unpaired) electrons. The normalized spacial score (nSPS) is 20.0. The summed E-state index contributed by atoms with van der Waals surface area (Å²) >= 11 is 0. The van der Waals surface area contributed by atoms with Crippen LogP contribution in [0.1, 0.15) is 56.1 Å². The Morgan fingerprint density at radius 1 is 0.963 bits per heavy atom. The second-order valence-corrected chi connectivity index (χ2v) is 7.40. The largest absolute Gasteiger partial charge is 0.198 e. The number of rotatable bonds is 4. The lowest BCUT2D eigenvalue weighted by Crippen LogP contribution is -2.11. The standard InChI is InChI=1S/C26H27N/c1-3-23(4-2)24-15-17-26(18-16-24)25-13-11-21(12-14-25)6-5-20-7-9-22(19-27)10-8-20/h3,11-18,20,22-23H,1,4,7-10H2,2H3/t20-,22-,23?. The van der Waals surface area contributed by atoms with E-state index >= 15 is 0 Å². The Hall–Kier alpha value is -2.77. The van der Waals surface area contributed by atoms with Crippen LogP contribution >= 0.6 is 0 Å². The van der Waals surface area contributed by atoms with Crippen LogP contribution in [0, 0.1) is 35.0 Å². The quantitative estimate of drug-likeness (QED) is 0.442. The van der Waals surface area contributed by atoms with Crippen LogP contribution in [0.3, 0.4) is 0 Å². The summed E-state index contributed by atoms with van der Waals surface area (Å²) in [6.07, 6.45) is 7.20. The van der Waals surface area contributed by atoms with Gasteiger partial charge in [-0.25, -0.2) is 0 Å². The Kier molecular flexibility index (Phi) is 6.51. The van der Waals surface area contributed by atoms with Gasteiger partial charge in [-0.1, -0.05) is 61.2 Å². The number of hydrogen-bond donors (Lipinski definition) is 0. The molecular formula is C26H27N. The van der Waals surface area contributed by atoms with Crippen LogP contribution in [-0.2, 0) is 0 Å². The highest BCUT2D eigenvalue weighted by molar-refractivity contribution is 5.64. The van der Waals surface area contributed by atoms with Gasteiger partial charge in [-0.3, -0.25) is 0 Å². The van der Waals surface area contributed by atoms with Crippen molar-refractivity contribution in [3.05, 3.63) is 72.3 Å². The topological polar surface area (TPSA) is 23.8 Å². The summed E-state index contributed by atoms with van der Waals surface area (Å²) in [5, 5.41) is 8.98. The molecule has 0 aliphatic heterocycles. The molecule has 0 amide bonds. The van der Waals surface area contributed by atoms with Crippen molar-refractivity contribution in [1.82, 2.24) is 0 Å². The van der Waals surface area contributed by atoms with Crippen molar-refractivity contribution in [2.24, 2.45) is 11.8 Å². The number of nitrogens with zero attached hydrogens (tertiary/aromatic N) is 1. The van der Waals surface area contributed by atoms with Gasteiger partial charge in [0, 0.05) is 23.3 Å². The van der Waals surface area contributed by atoms with Gasteiger partial charge >= 0.3 is 0 Å². The Bertz CT molecular complexity index is 848. The summed E-state index contributed by atoms with van der Waals surface area (Å²) in [6, 6.07) is 19.7. The first-order valence-electron chi connectivity index (χ1n) is 9.97. The van der Waals surface area contributed by atoms with Crippen molar-refractivity contribution in [3.8, 4) is 29.0 Å². The maximum Gasteiger partial charge on any atom is 0.0655 e. The van der Waals surface area contributed by atoms with Crippen molar-refractivity contribution in [3.63, 3.8) is 0 Å². The van der Waals surface area contributed by atoms with Crippen LogP contribution in [0.4, 0.5) is 0 Å². The lowest BCUT2D eigenvalue weighted by molar-refractivity contribution is 0.371. The first kappa shape index (κ1) is 19.0. The van der Waals surface area contributed by atoms with Crippen LogP contribution in [0.25, 0.3) is 11.1 Å². The maximum atomic E-state index is 8.98. The highest BCUT2D eigenvalue weighted by Gasteiger charge is 2.18. The van der Waals surface area contributed by atoms with Gasteiger partial charge < -0.3 is 0 Å². The first-order chi connectivity index (χ1) is 13.2. The Morgan fingerprint density at radius 2 is 1.52 bits per heavy atom. The number of allylic oxidation sites excluding steroid dienone is 1. The summed E-state index contributed by atoms with van der Waals surface area (Å²) in [7, 11) is 0. The summed E-state index contributed by atoms with van der Waals surface area (Å²) in [6.45, 7) is 6.12. The zero-order valence-corrected chi connectivity index (χ0v) is 16.1. The minimum atomic E-state index is 0.243. The molecule has 2 aromatic rings. The van der Waals surface area contributed by atoms with E-state index in [1.165, 1.54) is 16.7 Å². The fourth-order valence-electron chi connectivity index (χ4n) is 3.76. The molecule has 1 unspecified atom stereocenters. The predicted octanol–water partition coefficient (Wildman–Crippen LogP) is 6.71. The van der Waals surface area contributed by atoms with Gasteiger partial charge in [0.25, 0.3) is 0 Å². The summed E-state index contributed by atoms with van der Waals surface area (Å²) in [5.74, 6) is 7.84. The number of nitriles is 1. The molecule has 0 N–H and O–H groups in total. The van der Waals surface area contributed by atoms with Gasteiger partial charge in [-0.2, -0.15) is 5.26 Å². The highest BCUT2D eigenvalue weighted by atomic mass is 14.3. The van der Waals surface area contributed by atoms with Crippen molar-refractivity contribution < 1.29 is 0 Å². The monoisotopic (exact) mass is 353 g/mol. The van der Waals surface area contributed by atoms with Gasteiger partial charge in [-0.05, 0) is 60.9 Å². The summed E-state index contributed by atoms with van der Waals surface area (Å²) in [4.78, 5) is 0. The van der Waals surface area contributed by atoms with E-state index in [2.05, 4.69) is 79.9 Å². The molecule has 1 fully saturated rings. The van der Waals surface area contributed by atoms with Crippen LogP contribution < -0.4 is 0 Å². The van der Waals surface area contributed by atoms with Crippen molar-refractivity contribution >= 4 is 0 Å². The molecule has 0 saturated heterocycles. The van der Waals surface area contributed by atoms with Gasteiger partial charge in [0.2, 0.25) is 0 Å². The predicted molar refractivity (Wildman–Crippen MR) is 113 cm³/mol. The van der Waals surface area contributed by atoms with Crippen LogP contribution in [0.5, 0.6) is 0 Å². The zero-order chi connectivity index (χ0) is 19.1. The molecular weight excluding hydrogens is 326 g/mol. The van der Waals surface area contributed by atoms with Crippen LogP contribution in [-0.4, -0.2) is 0 Å². The van der Waals surface area contributed by atoms with Crippen LogP contribution in [0.2, 0.25) is 0 Å². The fraction of sp³-hybridized carbons (Fsp3) is 0.346. The SMILES string of the molecule is C=CC(CC)c1ccc(-c2ccc(C#C[C@H]3CC[C@H](C#N)CC3)cc2)cc1. The van der Waals surface area contributed by atoms with E-state index in [1.54, 1.807) is 0 Å². The molecule has 1 aliphatic carbocycles. The lowest BCUT2D eigenvalue weighted by Gasteiger charge is -2.20. The minimum Gasteiger partial charge on any atom is -0.198 e. The zero-order valence-electron chi connectivity index (χ0n) is 16.1. The Labute approximate surface area is 163 Å². The molecule has 1 saturated carbocycles. The molecule has 2 aromatic carbocycles. The molecule has 0 bridgehead atoms. The van der Waals surface area contributed by atoms with Gasteiger partial charge in [0.15, 0.2) is 0 Å². The Balaban J connectivity index is 1.65. The average Bonchev–Trinajstić information content (AvgIpc) is 2.74. The van der Waals surface area contributed by atoms with E-state index in [0.29, 0.717) is 11.8 Å². The third-order valence-corrected chi connectivity index (χ3v) is 5.61. The molecule has 0 heterocycles. The first-order valence-corrected chi connectivity index (χ1v) is 9.97. The molecule has 1 nitrogen and oxygen atoms in total. The average molecular weight is 354 g/mol. The van der Waals surface area contributed by atoms with Crippen molar-refractivity contribution in [2.75, 3.05) is 0 Å². The lowest BCUT2D eigenvalue weighted by atomic mass is 9.83. The summed E-state index contributed by atoms with van der Waals surface area (Å²) < 4.78 is 0. The Morgan fingerprint density at radius 3 is 2.04 bits per heavy atom. The van der Waals surface area contributed by atoms with E-state index in [0.717, 1.165) is 37.7 Å². The summed E-state index contributed by atoms with van der Waals surface area (Å²) in [5.41, 5.74) is 4.83. The van der Waals surface area contributed by atoms with E-state index in [1.807, 2.05) is 6.08 Å². The van der Waals surface area contributed by atoms with E-state index < -0.39 is 0 Å². The van der Waals surface area contributed by atoms with E-state index in [4.69, 9.17) is 5.26 Å². The number of benzene rings is 2. The van der Waals surface area contributed by atoms with Gasteiger partial charge in [-0.15, -0.1) is 6.58 Å². The molecule has 1 atom stereocenters.